The molecule has 2 aliphatic rings. The zero-order valence-electron chi connectivity index (χ0n) is 16.8. The fourth-order valence-electron chi connectivity index (χ4n) is 4.57. The van der Waals surface area contributed by atoms with E-state index >= 15 is 0 Å². The van der Waals surface area contributed by atoms with Crippen LogP contribution in [0.3, 0.4) is 0 Å². The van der Waals surface area contributed by atoms with E-state index in [9.17, 15) is 31.1 Å². The number of allylic oxidation sites excluding steroid dienone is 1. The van der Waals surface area contributed by atoms with Gasteiger partial charge < -0.3 is 9.84 Å². The molecule has 0 aliphatic heterocycles. The lowest BCUT2D eigenvalue weighted by molar-refractivity contribution is -0.290. The monoisotopic (exact) mass is 450 g/mol. The van der Waals surface area contributed by atoms with Gasteiger partial charge in [0.2, 0.25) is 0 Å². The van der Waals surface area contributed by atoms with Crippen molar-refractivity contribution in [2.45, 2.75) is 69.9 Å². The summed E-state index contributed by atoms with van der Waals surface area (Å²) in [5, 5.41) is 8.74. The summed E-state index contributed by atoms with van der Waals surface area (Å²) in [5.74, 6) is -8.93. The highest BCUT2D eigenvalue weighted by Gasteiger charge is 2.61. The van der Waals surface area contributed by atoms with Crippen LogP contribution < -0.4 is 4.74 Å². The van der Waals surface area contributed by atoms with Gasteiger partial charge in [-0.2, -0.15) is 22.0 Å². The van der Waals surface area contributed by atoms with E-state index in [1.54, 1.807) is 0 Å². The van der Waals surface area contributed by atoms with E-state index in [0.29, 0.717) is 5.92 Å². The summed E-state index contributed by atoms with van der Waals surface area (Å²) < 4.78 is 87.5. The first-order valence-electron chi connectivity index (χ1n) is 10.3. The van der Waals surface area contributed by atoms with E-state index < -0.39 is 53.6 Å². The van der Waals surface area contributed by atoms with Gasteiger partial charge in [-0.15, -0.1) is 0 Å². The Morgan fingerprint density at radius 3 is 2.35 bits per heavy atom. The number of carboxylic acid groups (broad SMARTS) is 1. The highest BCUT2D eigenvalue weighted by Crippen LogP contribution is 2.48. The van der Waals surface area contributed by atoms with Crippen LogP contribution in [0.1, 0.15) is 62.5 Å². The number of halogens is 6. The number of carbonyl (C=O) groups is 1. The fourth-order valence-corrected chi connectivity index (χ4v) is 4.57. The molecule has 0 saturated heterocycles. The minimum atomic E-state index is -6.03. The smallest absolute Gasteiger partial charge is 0.458 e. The van der Waals surface area contributed by atoms with Crippen LogP contribution in [-0.4, -0.2) is 23.9 Å². The molecule has 0 radical (unpaired) electrons. The second-order valence-corrected chi connectivity index (χ2v) is 8.13. The standard InChI is InChI=1S/C22H24F6O3/c23-20-17(31-12-15-6-3-7-16(15)13-4-1-2-5-13)10-8-14(9-11-18(29)30)19(20)21(24,25)22(26,27)28/h8,10,13H,1-7,9,11-12H2,(H,29,30). The largest absolute Gasteiger partial charge is 0.486 e. The van der Waals surface area contributed by atoms with Crippen molar-refractivity contribution in [3.8, 4) is 5.75 Å². The second-order valence-electron chi connectivity index (χ2n) is 8.13. The molecule has 2 aliphatic carbocycles. The molecule has 0 aromatic heterocycles. The molecule has 0 bridgehead atoms. The summed E-state index contributed by atoms with van der Waals surface area (Å²) in [5.41, 5.74) is -0.362. The van der Waals surface area contributed by atoms with Crippen molar-refractivity contribution in [2.24, 2.45) is 5.92 Å². The maximum atomic E-state index is 14.9. The summed E-state index contributed by atoms with van der Waals surface area (Å²) in [6.07, 6.45) is -0.474. The Labute approximate surface area is 176 Å². The molecule has 1 N–H and O–H groups in total. The Hall–Kier alpha value is -2.19. The van der Waals surface area contributed by atoms with Gasteiger partial charge in [-0.05, 0) is 61.6 Å². The molecule has 0 heterocycles. The molecule has 31 heavy (non-hydrogen) atoms. The lowest BCUT2D eigenvalue weighted by atomic mass is 9.94. The molecule has 0 unspecified atom stereocenters. The first kappa shape index (κ1) is 23.5. The third-order valence-corrected chi connectivity index (χ3v) is 6.10. The summed E-state index contributed by atoms with van der Waals surface area (Å²) in [4.78, 5) is 10.7. The van der Waals surface area contributed by atoms with Gasteiger partial charge in [-0.3, -0.25) is 4.79 Å². The third kappa shape index (κ3) is 5.01. The second kappa shape index (κ2) is 9.12. The number of hydrogen-bond donors (Lipinski definition) is 1. The van der Waals surface area contributed by atoms with Crippen molar-refractivity contribution in [2.75, 3.05) is 6.61 Å². The van der Waals surface area contributed by atoms with E-state index in [-0.39, 0.29) is 6.61 Å². The van der Waals surface area contributed by atoms with E-state index in [1.807, 2.05) is 0 Å². The van der Waals surface area contributed by atoms with Gasteiger partial charge in [-0.25, -0.2) is 4.39 Å². The quantitative estimate of drug-likeness (QED) is 0.361. The van der Waals surface area contributed by atoms with Crippen molar-refractivity contribution in [3.63, 3.8) is 0 Å². The summed E-state index contributed by atoms with van der Waals surface area (Å²) >= 11 is 0. The maximum absolute atomic E-state index is 14.9. The predicted molar refractivity (Wildman–Crippen MR) is 101 cm³/mol. The first-order chi connectivity index (χ1) is 14.5. The Morgan fingerprint density at radius 1 is 1.06 bits per heavy atom. The zero-order valence-corrected chi connectivity index (χ0v) is 16.8. The van der Waals surface area contributed by atoms with Crippen molar-refractivity contribution in [1.29, 1.82) is 0 Å². The lowest BCUT2D eigenvalue weighted by Gasteiger charge is -2.24. The molecular formula is C22H24F6O3. The normalized spacial score (nSPS) is 18.1. The third-order valence-electron chi connectivity index (χ3n) is 6.10. The molecular weight excluding hydrogens is 426 g/mol. The summed E-state index contributed by atoms with van der Waals surface area (Å²) in [7, 11) is 0. The first-order valence-corrected chi connectivity index (χ1v) is 10.3. The van der Waals surface area contributed by atoms with Crippen LogP contribution in [0.25, 0.3) is 0 Å². The Kier molecular flexibility index (Phi) is 6.91. The SMILES string of the molecule is O=C(O)CCc1ccc(OCC2=C(C3CCCC3)CCC2)c(F)c1C(F)(F)C(F)(F)F. The number of benzene rings is 1. The molecule has 1 saturated carbocycles. The van der Waals surface area contributed by atoms with Gasteiger partial charge in [0.25, 0.3) is 0 Å². The average molecular weight is 450 g/mol. The van der Waals surface area contributed by atoms with Gasteiger partial charge in [0.05, 0.1) is 5.56 Å². The van der Waals surface area contributed by atoms with Crippen LogP contribution in [0.5, 0.6) is 5.75 Å². The van der Waals surface area contributed by atoms with Crippen molar-refractivity contribution >= 4 is 5.97 Å². The van der Waals surface area contributed by atoms with Crippen molar-refractivity contribution in [1.82, 2.24) is 0 Å². The summed E-state index contributed by atoms with van der Waals surface area (Å²) in [6, 6.07) is 1.88. The van der Waals surface area contributed by atoms with Gasteiger partial charge in [0.1, 0.15) is 6.61 Å². The van der Waals surface area contributed by atoms with Crippen LogP contribution in [0.4, 0.5) is 26.3 Å². The van der Waals surface area contributed by atoms with Crippen LogP contribution >= 0.6 is 0 Å². The minimum absolute atomic E-state index is 0.0613. The molecule has 3 nitrogen and oxygen atoms in total. The predicted octanol–water partition coefficient (Wildman–Crippen LogP) is 6.55. The topological polar surface area (TPSA) is 46.5 Å². The number of aliphatic carboxylic acids is 1. The number of ether oxygens (including phenoxy) is 1. The highest BCUT2D eigenvalue weighted by atomic mass is 19.4. The van der Waals surface area contributed by atoms with Gasteiger partial charge in [0.15, 0.2) is 11.6 Å². The van der Waals surface area contributed by atoms with E-state index in [2.05, 4.69) is 0 Å². The molecule has 172 valence electrons. The Bertz CT molecular complexity index is 854. The number of rotatable bonds is 8. The van der Waals surface area contributed by atoms with E-state index in [0.717, 1.165) is 62.7 Å². The van der Waals surface area contributed by atoms with Gasteiger partial charge >= 0.3 is 18.1 Å². The fraction of sp³-hybridized carbons (Fsp3) is 0.591. The van der Waals surface area contributed by atoms with Gasteiger partial charge in [0, 0.05) is 6.42 Å². The molecule has 0 amide bonds. The zero-order chi connectivity index (χ0) is 22.8. The van der Waals surface area contributed by atoms with Crippen LogP contribution in [0, 0.1) is 11.7 Å². The average Bonchev–Trinajstić information content (AvgIpc) is 3.35. The lowest BCUT2D eigenvalue weighted by Crippen LogP contribution is -2.36. The molecule has 9 heteroatoms. The molecule has 1 aromatic rings. The Balaban J connectivity index is 1.90. The number of carboxylic acids is 1. The van der Waals surface area contributed by atoms with Crippen LogP contribution in [-0.2, 0) is 17.1 Å². The number of alkyl halides is 5. The molecule has 1 fully saturated rings. The van der Waals surface area contributed by atoms with Crippen molar-refractivity contribution < 1.29 is 41.0 Å². The van der Waals surface area contributed by atoms with Crippen LogP contribution in [0.15, 0.2) is 23.3 Å². The van der Waals surface area contributed by atoms with E-state index in [1.165, 1.54) is 5.57 Å². The highest BCUT2D eigenvalue weighted by molar-refractivity contribution is 5.67. The maximum Gasteiger partial charge on any atom is 0.458 e. The summed E-state index contributed by atoms with van der Waals surface area (Å²) in [6.45, 7) is -0.0613. The molecule has 0 atom stereocenters. The van der Waals surface area contributed by atoms with Crippen molar-refractivity contribution in [3.05, 3.63) is 40.2 Å². The number of hydrogen-bond acceptors (Lipinski definition) is 2. The number of aryl methyl sites for hydroxylation is 1. The van der Waals surface area contributed by atoms with E-state index in [4.69, 9.17) is 9.84 Å². The molecule has 0 spiro atoms. The van der Waals surface area contributed by atoms with Gasteiger partial charge in [-0.1, -0.05) is 24.5 Å². The van der Waals surface area contributed by atoms with Crippen LogP contribution in [0.2, 0.25) is 0 Å². The molecule has 3 rings (SSSR count). The minimum Gasteiger partial charge on any atom is -0.486 e. The molecule has 1 aromatic carbocycles. The Morgan fingerprint density at radius 2 is 1.74 bits per heavy atom.